The number of benzene rings is 1. The molecule has 1 amide bonds. The van der Waals surface area contributed by atoms with Crippen LogP contribution in [0, 0.1) is 11.0 Å². The molecule has 0 unspecified atom stereocenters. The van der Waals surface area contributed by atoms with E-state index in [-0.39, 0.29) is 22.6 Å². The summed E-state index contributed by atoms with van der Waals surface area (Å²) in [4.78, 5) is 15.4. The number of fused-ring (bicyclic) bond motifs is 2. The minimum atomic E-state index is -0.371. The first-order valence-corrected chi connectivity index (χ1v) is 10.8. The average molecular weight is 423 g/mol. The Labute approximate surface area is 173 Å². The third-order valence-electron chi connectivity index (χ3n) is 5.91. The maximum atomic E-state index is 13.8. The molecular weight excluding hydrogens is 399 g/mol. The van der Waals surface area contributed by atoms with Crippen molar-refractivity contribution in [3.63, 3.8) is 0 Å². The number of nitrogens with zero attached hydrogens (tertiary/aromatic N) is 1. The number of hydrogen-bond donors (Lipinski definition) is 1. The summed E-state index contributed by atoms with van der Waals surface area (Å²) in [7, 11) is 0. The Hall–Kier alpha value is -1.47. The summed E-state index contributed by atoms with van der Waals surface area (Å²) in [5.41, 5.74) is 7.34. The van der Waals surface area contributed by atoms with Crippen molar-refractivity contribution in [1.82, 2.24) is 4.90 Å². The van der Waals surface area contributed by atoms with Gasteiger partial charge in [0.05, 0.1) is 12.5 Å². The third-order valence-corrected chi connectivity index (χ3v) is 7.43. The number of likely N-dealkylation sites (tertiary alicyclic amines) is 1. The molecule has 1 aromatic heterocycles. The van der Waals surface area contributed by atoms with Crippen LogP contribution >= 0.6 is 22.9 Å². The molecule has 150 valence electrons. The molecule has 1 fully saturated rings. The van der Waals surface area contributed by atoms with Gasteiger partial charge in [-0.05, 0) is 48.9 Å². The molecule has 2 aromatic rings. The predicted octanol–water partition coefficient (Wildman–Crippen LogP) is 3.75. The Morgan fingerprint density at radius 1 is 1.36 bits per heavy atom. The van der Waals surface area contributed by atoms with Crippen LogP contribution in [0.1, 0.15) is 28.8 Å². The van der Waals surface area contributed by atoms with Crippen LogP contribution in [0.4, 0.5) is 4.39 Å². The number of thiophene rings is 1. The summed E-state index contributed by atoms with van der Waals surface area (Å²) in [5, 5.41) is 0.528. The van der Waals surface area contributed by atoms with Gasteiger partial charge in [-0.2, -0.15) is 4.39 Å². The number of nitrogens with two attached hydrogens (primary N) is 1. The Kier molecular flexibility index (Phi) is 5.74. The fraction of sp³-hybridized carbons (Fsp3) is 0.476. The molecule has 0 bridgehead atoms. The van der Waals surface area contributed by atoms with Crippen LogP contribution in [0.5, 0.6) is 0 Å². The molecule has 1 aromatic carbocycles. The van der Waals surface area contributed by atoms with Crippen molar-refractivity contribution in [3.05, 3.63) is 56.5 Å². The number of carbonyl (C=O) groups excluding carboxylic acids is 1. The zero-order valence-corrected chi connectivity index (χ0v) is 17.2. The van der Waals surface area contributed by atoms with Crippen LogP contribution in [0.2, 0.25) is 5.02 Å². The number of piperidine rings is 1. The highest BCUT2D eigenvalue weighted by Gasteiger charge is 2.42. The summed E-state index contributed by atoms with van der Waals surface area (Å²) >= 11 is 7.47. The molecule has 0 saturated carbocycles. The average Bonchev–Trinajstić information content (AvgIpc) is 3.06. The van der Waals surface area contributed by atoms with Crippen LogP contribution in [-0.4, -0.2) is 37.0 Å². The standard InChI is InChI=1S/C21H24ClFN2O2S/c22-17-4-2-1-3-14(17)11-16(20(24)26)13-25-8-6-21(7-9-25)19-15(5-10-27-21)12-18(23)28-19/h1-4,12,16H,5-11,13H2,(H2,24,26)/t16-/m0/s1. The third kappa shape index (κ3) is 3.96. The van der Waals surface area contributed by atoms with E-state index >= 15 is 0 Å². The lowest BCUT2D eigenvalue weighted by atomic mass is 9.85. The van der Waals surface area contributed by atoms with Crippen molar-refractivity contribution in [1.29, 1.82) is 0 Å². The normalized spacial score (nSPS) is 20.1. The smallest absolute Gasteiger partial charge is 0.222 e. The van der Waals surface area contributed by atoms with Crippen LogP contribution < -0.4 is 5.73 Å². The highest BCUT2D eigenvalue weighted by atomic mass is 35.5. The number of rotatable bonds is 5. The van der Waals surface area contributed by atoms with Gasteiger partial charge in [0.15, 0.2) is 5.13 Å². The Balaban J connectivity index is 1.42. The minimum absolute atomic E-state index is 0.133. The van der Waals surface area contributed by atoms with Crippen LogP contribution in [0.3, 0.4) is 0 Å². The lowest BCUT2D eigenvalue weighted by molar-refractivity contribution is -0.123. The largest absolute Gasteiger partial charge is 0.369 e. The van der Waals surface area contributed by atoms with Crippen molar-refractivity contribution in [2.24, 2.45) is 11.7 Å². The molecule has 0 radical (unpaired) electrons. The summed E-state index contributed by atoms with van der Waals surface area (Å²) in [6.07, 6.45) is 2.92. The molecule has 2 aliphatic heterocycles. The molecule has 1 atom stereocenters. The van der Waals surface area contributed by atoms with Gasteiger partial charge in [0, 0.05) is 29.5 Å². The van der Waals surface area contributed by atoms with E-state index in [2.05, 4.69) is 4.90 Å². The first-order valence-electron chi connectivity index (χ1n) is 9.64. The van der Waals surface area contributed by atoms with Gasteiger partial charge < -0.3 is 15.4 Å². The van der Waals surface area contributed by atoms with Gasteiger partial charge in [0.25, 0.3) is 0 Å². The predicted molar refractivity (Wildman–Crippen MR) is 109 cm³/mol. The van der Waals surface area contributed by atoms with E-state index in [9.17, 15) is 9.18 Å². The zero-order valence-electron chi connectivity index (χ0n) is 15.6. The molecule has 3 heterocycles. The van der Waals surface area contributed by atoms with Crippen molar-refractivity contribution >= 4 is 28.8 Å². The van der Waals surface area contributed by atoms with E-state index in [0.29, 0.717) is 24.6 Å². The summed E-state index contributed by atoms with van der Waals surface area (Å²) in [6.45, 7) is 2.83. The number of primary amides is 1. The van der Waals surface area contributed by atoms with Gasteiger partial charge in [-0.3, -0.25) is 4.79 Å². The zero-order chi connectivity index (χ0) is 19.7. The Bertz CT molecular complexity index is 864. The van der Waals surface area contributed by atoms with Crippen molar-refractivity contribution < 1.29 is 13.9 Å². The molecule has 7 heteroatoms. The topological polar surface area (TPSA) is 55.6 Å². The van der Waals surface area contributed by atoms with Gasteiger partial charge in [0.2, 0.25) is 5.91 Å². The minimum Gasteiger partial charge on any atom is -0.369 e. The van der Waals surface area contributed by atoms with E-state index in [1.54, 1.807) is 6.07 Å². The number of ether oxygens (including phenoxy) is 1. The van der Waals surface area contributed by atoms with E-state index in [1.165, 1.54) is 11.3 Å². The monoisotopic (exact) mass is 422 g/mol. The fourth-order valence-corrected chi connectivity index (χ4v) is 5.70. The second-order valence-corrected chi connectivity index (χ2v) is 9.10. The molecule has 4 rings (SSSR count). The Morgan fingerprint density at radius 3 is 2.82 bits per heavy atom. The van der Waals surface area contributed by atoms with Crippen LogP contribution in [0.25, 0.3) is 0 Å². The Morgan fingerprint density at radius 2 is 2.11 bits per heavy atom. The highest BCUT2D eigenvalue weighted by Crippen LogP contribution is 2.45. The van der Waals surface area contributed by atoms with Crippen molar-refractivity contribution in [2.75, 3.05) is 26.2 Å². The van der Waals surface area contributed by atoms with Gasteiger partial charge in [-0.1, -0.05) is 29.8 Å². The number of amides is 1. The number of halogens is 2. The molecule has 0 aliphatic carbocycles. The SMILES string of the molecule is NC(=O)[C@@H](Cc1ccccc1Cl)CN1CCC2(CC1)OCCc1cc(F)sc12. The molecule has 1 spiro atoms. The first kappa shape index (κ1) is 19.8. The molecule has 2 aliphatic rings. The van der Waals surface area contributed by atoms with E-state index in [0.717, 1.165) is 48.4 Å². The summed E-state index contributed by atoms with van der Waals surface area (Å²) < 4.78 is 20.0. The molecule has 4 nitrogen and oxygen atoms in total. The highest BCUT2D eigenvalue weighted by molar-refractivity contribution is 7.10. The maximum Gasteiger partial charge on any atom is 0.222 e. The lowest BCUT2D eigenvalue weighted by Crippen LogP contribution is -2.48. The van der Waals surface area contributed by atoms with Gasteiger partial charge >= 0.3 is 0 Å². The van der Waals surface area contributed by atoms with Gasteiger partial charge in [-0.15, -0.1) is 11.3 Å². The second kappa shape index (κ2) is 8.11. The number of carbonyl (C=O) groups is 1. The fourth-order valence-electron chi connectivity index (χ4n) is 4.35. The number of hydrogen-bond acceptors (Lipinski definition) is 4. The lowest BCUT2D eigenvalue weighted by Gasteiger charge is -2.44. The molecule has 1 saturated heterocycles. The van der Waals surface area contributed by atoms with Crippen LogP contribution in [0.15, 0.2) is 30.3 Å². The van der Waals surface area contributed by atoms with Crippen LogP contribution in [-0.2, 0) is 28.0 Å². The van der Waals surface area contributed by atoms with Gasteiger partial charge in [-0.25, -0.2) is 0 Å². The van der Waals surface area contributed by atoms with Crippen molar-refractivity contribution in [2.45, 2.75) is 31.3 Å². The second-order valence-electron chi connectivity index (χ2n) is 7.69. The van der Waals surface area contributed by atoms with Gasteiger partial charge in [0.1, 0.15) is 5.60 Å². The van der Waals surface area contributed by atoms with E-state index in [4.69, 9.17) is 22.1 Å². The van der Waals surface area contributed by atoms with Crippen molar-refractivity contribution in [3.8, 4) is 0 Å². The summed E-state index contributed by atoms with van der Waals surface area (Å²) in [6, 6.07) is 9.22. The summed E-state index contributed by atoms with van der Waals surface area (Å²) in [5.74, 6) is -0.604. The maximum absolute atomic E-state index is 13.8. The molecule has 2 N–H and O–H groups in total. The van der Waals surface area contributed by atoms with E-state index in [1.807, 2.05) is 24.3 Å². The van der Waals surface area contributed by atoms with E-state index < -0.39 is 0 Å². The molecule has 28 heavy (non-hydrogen) atoms. The quantitative estimate of drug-likeness (QED) is 0.798. The molecular formula is C21H24ClFN2O2S. The first-order chi connectivity index (χ1) is 13.5.